The Bertz CT molecular complexity index is 216. The van der Waals surface area contributed by atoms with E-state index in [0.717, 1.165) is 11.8 Å². The summed E-state index contributed by atoms with van der Waals surface area (Å²) in [7, 11) is 1.19. The number of primary amides is 1. The van der Waals surface area contributed by atoms with Crippen LogP contribution in [0, 0.1) is 0 Å². The number of nitrogens with two attached hydrogens (primary N) is 1. The van der Waals surface area contributed by atoms with Crippen molar-refractivity contribution in [1.82, 2.24) is 5.32 Å². The van der Waals surface area contributed by atoms with Crippen molar-refractivity contribution in [3.05, 3.63) is 0 Å². The van der Waals surface area contributed by atoms with E-state index in [1.807, 2.05) is 0 Å². The zero-order chi connectivity index (χ0) is 9.56. The van der Waals surface area contributed by atoms with Gasteiger partial charge in [-0.1, -0.05) is 11.8 Å². The molecule has 0 fully saturated rings. The molecule has 0 unspecified atom stereocenters. The summed E-state index contributed by atoms with van der Waals surface area (Å²) in [4.78, 5) is 24.2. The lowest BCUT2D eigenvalue weighted by Gasteiger charge is -2.00. The van der Waals surface area contributed by atoms with Crippen LogP contribution in [0.15, 0.2) is 4.99 Å². The number of urea groups is 1. The smallest absolute Gasteiger partial charge is 0.435 e. The fourth-order valence-corrected chi connectivity index (χ4v) is 0.727. The van der Waals surface area contributed by atoms with Crippen LogP contribution in [-0.2, 0) is 4.74 Å². The molecular formula is C5H9N3O3S. The largest absolute Gasteiger partial charge is 0.451 e. The SMILES string of the molecule is COC(=O)N=C(NC(N)=O)SC. The number of hydrogen-bond acceptors (Lipinski definition) is 4. The molecule has 0 aromatic rings. The highest BCUT2D eigenvalue weighted by Gasteiger charge is 2.03. The summed E-state index contributed by atoms with van der Waals surface area (Å²) in [6.45, 7) is 0. The Balaban J connectivity index is 4.22. The first-order chi connectivity index (χ1) is 5.60. The van der Waals surface area contributed by atoms with E-state index in [2.05, 4.69) is 15.0 Å². The van der Waals surface area contributed by atoms with Gasteiger partial charge in [0.05, 0.1) is 7.11 Å². The number of rotatable bonds is 0. The van der Waals surface area contributed by atoms with Crippen molar-refractivity contribution in [2.45, 2.75) is 0 Å². The van der Waals surface area contributed by atoms with Crippen molar-refractivity contribution in [2.75, 3.05) is 13.4 Å². The van der Waals surface area contributed by atoms with E-state index in [1.165, 1.54) is 7.11 Å². The van der Waals surface area contributed by atoms with Crippen molar-refractivity contribution in [2.24, 2.45) is 10.7 Å². The third-order valence-corrected chi connectivity index (χ3v) is 1.37. The van der Waals surface area contributed by atoms with Crippen molar-refractivity contribution in [3.63, 3.8) is 0 Å². The molecule has 0 aliphatic rings. The summed E-state index contributed by atoms with van der Waals surface area (Å²) in [5.74, 6) is 0. The highest BCUT2D eigenvalue weighted by atomic mass is 32.2. The molecule has 0 saturated heterocycles. The summed E-state index contributed by atoms with van der Waals surface area (Å²) in [5, 5.41) is 2.25. The van der Waals surface area contributed by atoms with Gasteiger partial charge in [0.1, 0.15) is 0 Å². The number of amides is 3. The predicted octanol–water partition coefficient (Wildman–Crippen LogP) is 0.140. The fourth-order valence-electron chi connectivity index (χ4n) is 0.359. The number of carbonyl (C=O) groups excluding carboxylic acids is 2. The van der Waals surface area contributed by atoms with E-state index in [-0.39, 0.29) is 5.17 Å². The number of nitrogens with zero attached hydrogens (tertiary/aromatic N) is 1. The van der Waals surface area contributed by atoms with Gasteiger partial charge in [0.2, 0.25) is 0 Å². The van der Waals surface area contributed by atoms with Crippen LogP contribution in [0.25, 0.3) is 0 Å². The van der Waals surface area contributed by atoms with E-state index in [4.69, 9.17) is 5.73 Å². The second-order valence-corrected chi connectivity index (χ2v) is 2.38. The van der Waals surface area contributed by atoms with Crippen LogP contribution in [0.2, 0.25) is 0 Å². The second-order valence-electron chi connectivity index (χ2n) is 1.58. The zero-order valence-corrected chi connectivity index (χ0v) is 7.47. The Labute approximate surface area is 73.5 Å². The highest BCUT2D eigenvalue weighted by molar-refractivity contribution is 8.13. The first-order valence-electron chi connectivity index (χ1n) is 2.87. The van der Waals surface area contributed by atoms with Gasteiger partial charge in [0.25, 0.3) is 0 Å². The summed E-state index contributed by atoms with van der Waals surface area (Å²) in [6, 6.07) is -0.771. The van der Waals surface area contributed by atoms with Gasteiger partial charge in [-0.15, -0.1) is 0 Å². The molecule has 68 valence electrons. The topological polar surface area (TPSA) is 93.8 Å². The minimum atomic E-state index is -0.784. The standard InChI is InChI=1S/C5H9N3O3S/c1-11-5(10)8-4(12-2)7-3(6)9/h1-2H3,(H3,6,7,8,9,10). The van der Waals surface area contributed by atoms with E-state index in [0.29, 0.717) is 0 Å². The van der Waals surface area contributed by atoms with Crippen LogP contribution >= 0.6 is 11.8 Å². The third-order valence-electron chi connectivity index (χ3n) is 0.791. The lowest BCUT2D eigenvalue weighted by Crippen LogP contribution is -2.33. The van der Waals surface area contributed by atoms with E-state index in [9.17, 15) is 9.59 Å². The van der Waals surface area contributed by atoms with Gasteiger partial charge >= 0.3 is 12.1 Å². The zero-order valence-electron chi connectivity index (χ0n) is 6.66. The lowest BCUT2D eigenvalue weighted by atomic mass is 11.0. The van der Waals surface area contributed by atoms with E-state index >= 15 is 0 Å². The Morgan fingerprint density at radius 3 is 2.50 bits per heavy atom. The summed E-state index contributed by atoms with van der Waals surface area (Å²) in [5.41, 5.74) is 4.79. The van der Waals surface area contributed by atoms with Crippen LogP contribution in [0.5, 0.6) is 0 Å². The van der Waals surface area contributed by atoms with Gasteiger partial charge in [-0.25, -0.2) is 9.59 Å². The quantitative estimate of drug-likeness (QED) is 0.420. The normalized spacial score (nSPS) is 10.7. The molecule has 0 spiro atoms. The molecule has 3 N–H and O–H groups in total. The number of hydrogen-bond donors (Lipinski definition) is 2. The molecule has 0 bridgehead atoms. The maximum absolute atomic E-state index is 10.5. The van der Waals surface area contributed by atoms with Crippen molar-refractivity contribution >= 4 is 29.1 Å². The van der Waals surface area contributed by atoms with Crippen molar-refractivity contribution in [3.8, 4) is 0 Å². The second kappa shape index (κ2) is 5.42. The lowest BCUT2D eigenvalue weighted by molar-refractivity contribution is 0.182. The number of thioether (sulfide) groups is 1. The molecule has 0 heterocycles. The van der Waals surface area contributed by atoms with Gasteiger partial charge in [-0.05, 0) is 6.26 Å². The van der Waals surface area contributed by atoms with Crippen LogP contribution in [0.3, 0.4) is 0 Å². The number of amidine groups is 1. The number of nitrogens with one attached hydrogen (secondary N) is 1. The average Bonchev–Trinajstić information content (AvgIpc) is 2.02. The Kier molecular flexibility index (Phi) is 4.86. The van der Waals surface area contributed by atoms with Crippen LogP contribution in [0.1, 0.15) is 0 Å². The minimum Gasteiger partial charge on any atom is -0.451 e. The van der Waals surface area contributed by atoms with Gasteiger partial charge in [0, 0.05) is 0 Å². The summed E-state index contributed by atoms with van der Waals surface area (Å²) in [6.07, 6.45) is 0.852. The number of carbonyl (C=O) groups is 2. The maximum Gasteiger partial charge on any atom is 0.435 e. The van der Waals surface area contributed by atoms with Crippen LogP contribution in [-0.4, -0.2) is 30.7 Å². The Morgan fingerprint density at radius 1 is 1.58 bits per heavy atom. The van der Waals surface area contributed by atoms with Gasteiger partial charge in [0.15, 0.2) is 5.17 Å². The minimum absolute atomic E-state index is 0.106. The molecule has 3 amide bonds. The van der Waals surface area contributed by atoms with Crippen molar-refractivity contribution in [1.29, 1.82) is 0 Å². The summed E-state index contributed by atoms with van der Waals surface area (Å²) < 4.78 is 4.23. The van der Waals surface area contributed by atoms with E-state index in [1.54, 1.807) is 6.26 Å². The maximum atomic E-state index is 10.5. The van der Waals surface area contributed by atoms with Crippen LogP contribution < -0.4 is 11.1 Å². The molecule has 0 radical (unpaired) electrons. The molecule has 6 nitrogen and oxygen atoms in total. The monoisotopic (exact) mass is 191 g/mol. The number of aliphatic imine (C=N–C) groups is 1. The first-order valence-corrected chi connectivity index (χ1v) is 4.09. The highest BCUT2D eigenvalue weighted by Crippen LogP contribution is 1.95. The Hall–Kier alpha value is -1.24. The van der Waals surface area contributed by atoms with Gasteiger partial charge < -0.3 is 10.5 Å². The molecule has 0 aliphatic heterocycles. The Morgan fingerprint density at radius 2 is 2.17 bits per heavy atom. The first kappa shape index (κ1) is 10.8. The van der Waals surface area contributed by atoms with E-state index < -0.39 is 12.1 Å². The number of methoxy groups -OCH3 is 1. The fraction of sp³-hybridized carbons (Fsp3) is 0.400. The molecule has 7 heteroatoms. The van der Waals surface area contributed by atoms with Gasteiger partial charge in [-0.2, -0.15) is 4.99 Å². The molecular weight excluding hydrogens is 182 g/mol. The molecule has 12 heavy (non-hydrogen) atoms. The molecule has 0 aliphatic carbocycles. The molecule has 0 rings (SSSR count). The summed E-state index contributed by atoms with van der Waals surface area (Å²) >= 11 is 1.08. The average molecular weight is 191 g/mol. The number of ether oxygens (including phenoxy) is 1. The molecule has 0 saturated carbocycles. The molecule has 0 aromatic carbocycles. The third kappa shape index (κ3) is 4.56. The molecule has 0 aromatic heterocycles. The van der Waals surface area contributed by atoms with Gasteiger partial charge in [-0.3, -0.25) is 5.32 Å². The van der Waals surface area contributed by atoms with Crippen LogP contribution in [0.4, 0.5) is 9.59 Å². The predicted molar refractivity (Wildman–Crippen MR) is 46.1 cm³/mol. The molecule has 0 atom stereocenters. The van der Waals surface area contributed by atoms with Crippen molar-refractivity contribution < 1.29 is 14.3 Å².